The Balaban J connectivity index is 1.94. The summed E-state index contributed by atoms with van der Waals surface area (Å²) >= 11 is 3.40. The number of imidazole rings is 1. The third-order valence-electron chi connectivity index (χ3n) is 2.90. The van der Waals surface area contributed by atoms with Crippen LogP contribution in [0.25, 0.3) is 0 Å². The van der Waals surface area contributed by atoms with Gasteiger partial charge >= 0.3 is 0 Å². The second-order valence-electron chi connectivity index (χ2n) is 4.17. The van der Waals surface area contributed by atoms with Gasteiger partial charge in [0.25, 0.3) is 0 Å². The third-order valence-corrected chi connectivity index (χ3v) is 3.29. The van der Waals surface area contributed by atoms with E-state index in [0.29, 0.717) is 0 Å². The number of aromatic nitrogens is 2. The maximum atomic E-state index is 4.45. The molecule has 0 amide bonds. The Labute approximate surface area is 99.0 Å². The number of hydrogen-bond donors (Lipinski definition) is 0. The molecule has 2 rings (SSSR count). The zero-order valence-electron chi connectivity index (χ0n) is 9.28. The first-order chi connectivity index (χ1) is 7.15. The molecule has 1 aromatic rings. The Bertz CT molecular complexity index is 328. The van der Waals surface area contributed by atoms with Gasteiger partial charge in [-0.25, -0.2) is 4.98 Å². The molecule has 0 aliphatic carbocycles. The lowest BCUT2D eigenvalue weighted by atomic mass is 10.3. The largest absolute Gasteiger partial charge is 0.336 e. The van der Waals surface area contributed by atoms with Crippen LogP contribution in [0.2, 0.25) is 0 Å². The molecule has 0 radical (unpaired) electrons. The molecule has 1 saturated heterocycles. The standard InChI is InChI=1S/C10H17BrN4/c1-13-3-5-15(6-4-13)8-10-12-9(11)7-14(10)2/h7H,3-6,8H2,1-2H3. The molecule has 1 fully saturated rings. The summed E-state index contributed by atoms with van der Waals surface area (Å²) in [6.45, 7) is 5.55. The molecule has 1 aliphatic rings. The van der Waals surface area contributed by atoms with Gasteiger partial charge in [-0.3, -0.25) is 4.90 Å². The van der Waals surface area contributed by atoms with E-state index in [1.165, 1.54) is 0 Å². The Morgan fingerprint density at radius 3 is 2.47 bits per heavy atom. The normalized spacial score (nSPS) is 19.7. The second kappa shape index (κ2) is 4.63. The highest BCUT2D eigenvalue weighted by Gasteiger charge is 2.15. The van der Waals surface area contributed by atoms with Gasteiger partial charge in [0.2, 0.25) is 0 Å². The van der Waals surface area contributed by atoms with E-state index in [1.807, 2.05) is 13.2 Å². The number of halogens is 1. The molecule has 2 heterocycles. The molecule has 15 heavy (non-hydrogen) atoms. The molecule has 0 N–H and O–H groups in total. The predicted octanol–water partition coefficient (Wildman–Crippen LogP) is 0.930. The zero-order chi connectivity index (χ0) is 10.8. The maximum Gasteiger partial charge on any atom is 0.124 e. The Hall–Kier alpha value is -0.390. The van der Waals surface area contributed by atoms with Gasteiger partial charge in [0.05, 0.1) is 6.54 Å². The number of aryl methyl sites for hydroxylation is 1. The van der Waals surface area contributed by atoms with Crippen LogP contribution in [0.1, 0.15) is 5.82 Å². The summed E-state index contributed by atoms with van der Waals surface area (Å²) in [6, 6.07) is 0. The van der Waals surface area contributed by atoms with Crippen molar-refractivity contribution in [2.24, 2.45) is 7.05 Å². The lowest BCUT2D eigenvalue weighted by Gasteiger charge is -2.31. The fraction of sp³-hybridized carbons (Fsp3) is 0.700. The monoisotopic (exact) mass is 272 g/mol. The smallest absolute Gasteiger partial charge is 0.124 e. The summed E-state index contributed by atoms with van der Waals surface area (Å²) < 4.78 is 3.01. The molecule has 84 valence electrons. The molecule has 0 atom stereocenters. The van der Waals surface area contributed by atoms with Crippen molar-refractivity contribution in [1.29, 1.82) is 0 Å². The highest BCUT2D eigenvalue weighted by molar-refractivity contribution is 9.10. The molecule has 0 bridgehead atoms. The van der Waals surface area contributed by atoms with E-state index in [2.05, 4.69) is 42.3 Å². The Morgan fingerprint density at radius 1 is 1.27 bits per heavy atom. The zero-order valence-corrected chi connectivity index (χ0v) is 10.9. The average molecular weight is 273 g/mol. The van der Waals surface area contributed by atoms with Gasteiger partial charge in [-0.2, -0.15) is 0 Å². The average Bonchev–Trinajstić information content (AvgIpc) is 2.49. The second-order valence-corrected chi connectivity index (χ2v) is 4.98. The van der Waals surface area contributed by atoms with Crippen molar-refractivity contribution in [3.63, 3.8) is 0 Å². The van der Waals surface area contributed by atoms with Gasteiger partial charge in [-0.05, 0) is 23.0 Å². The molecule has 4 nitrogen and oxygen atoms in total. The number of piperazine rings is 1. The fourth-order valence-electron chi connectivity index (χ4n) is 1.82. The summed E-state index contributed by atoms with van der Waals surface area (Å²) in [5.74, 6) is 1.13. The van der Waals surface area contributed by atoms with Gasteiger partial charge < -0.3 is 9.47 Å². The van der Waals surface area contributed by atoms with Crippen LogP contribution < -0.4 is 0 Å². The first-order valence-corrected chi connectivity index (χ1v) is 6.03. The molecular weight excluding hydrogens is 256 g/mol. The maximum absolute atomic E-state index is 4.45. The first-order valence-electron chi connectivity index (χ1n) is 5.24. The van der Waals surface area contributed by atoms with Crippen molar-refractivity contribution in [3.8, 4) is 0 Å². The van der Waals surface area contributed by atoms with Crippen LogP contribution in [-0.2, 0) is 13.6 Å². The molecule has 1 aromatic heterocycles. The Morgan fingerprint density at radius 2 is 1.93 bits per heavy atom. The van der Waals surface area contributed by atoms with E-state index in [9.17, 15) is 0 Å². The Kier molecular flexibility index (Phi) is 3.43. The molecule has 5 heteroatoms. The predicted molar refractivity (Wildman–Crippen MR) is 63.7 cm³/mol. The third kappa shape index (κ3) is 2.80. The van der Waals surface area contributed by atoms with Gasteiger partial charge in [-0.1, -0.05) is 0 Å². The summed E-state index contributed by atoms with van der Waals surface area (Å²) in [5, 5.41) is 0. The highest BCUT2D eigenvalue weighted by atomic mass is 79.9. The van der Waals surface area contributed by atoms with Gasteiger partial charge in [0, 0.05) is 39.4 Å². The minimum absolute atomic E-state index is 0.925. The van der Waals surface area contributed by atoms with Crippen molar-refractivity contribution in [2.45, 2.75) is 6.54 Å². The van der Waals surface area contributed by atoms with E-state index in [1.54, 1.807) is 0 Å². The van der Waals surface area contributed by atoms with E-state index in [-0.39, 0.29) is 0 Å². The van der Waals surface area contributed by atoms with Crippen molar-refractivity contribution < 1.29 is 0 Å². The molecule has 1 aliphatic heterocycles. The molecule has 0 unspecified atom stereocenters. The van der Waals surface area contributed by atoms with Crippen LogP contribution >= 0.6 is 15.9 Å². The lowest BCUT2D eigenvalue weighted by Crippen LogP contribution is -2.44. The molecule has 0 aromatic carbocycles. The lowest BCUT2D eigenvalue weighted by molar-refractivity contribution is 0.144. The van der Waals surface area contributed by atoms with Crippen LogP contribution in [0.15, 0.2) is 10.8 Å². The molecule has 0 spiro atoms. The van der Waals surface area contributed by atoms with E-state index in [4.69, 9.17) is 0 Å². The van der Waals surface area contributed by atoms with Crippen molar-refractivity contribution >= 4 is 15.9 Å². The number of likely N-dealkylation sites (N-methyl/N-ethyl adjacent to an activating group) is 1. The fourth-order valence-corrected chi connectivity index (χ4v) is 2.33. The topological polar surface area (TPSA) is 24.3 Å². The quantitative estimate of drug-likeness (QED) is 0.801. The van der Waals surface area contributed by atoms with Crippen LogP contribution in [-0.4, -0.2) is 52.6 Å². The molecule has 0 saturated carbocycles. The van der Waals surface area contributed by atoms with Gasteiger partial charge in [0.15, 0.2) is 0 Å². The number of nitrogens with zero attached hydrogens (tertiary/aromatic N) is 4. The minimum Gasteiger partial charge on any atom is -0.336 e. The SMILES string of the molecule is CN1CCN(Cc2nc(Br)cn2C)CC1. The highest BCUT2D eigenvalue weighted by Crippen LogP contribution is 2.11. The van der Waals surface area contributed by atoms with Crippen molar-refractivity contribution in [2.75, 3.05) is 33.2 Å². The number of rotatable bonds is 2. The minimum atomic E-state index is 0.925. The van der Waals surface area contributed by atoms with Gasteiger partial charge in [-0.15, -0.1) is 0 Å². The van der Waals surface area contributed by atoms with E-state index in [0.717, 1.165) is 43.2 Å². The summed E-state index contributed by atoms with van der Waals surface area (Å²) in [4.78, 5) is 9.27. The molecular formula is C10H17BrN4. The first kappa shape index (κ1) is 11.1. The van der Waals surface area contributed by atoms with Gasteiger partial charge in [0.1, 0.15) is 10.4 Å². The van der Waals surface area contributed by atoms with Crippen molar-refractivity contribution in [3.05, 3.63) is 16.6 Å². The van der Waals surface area contributed by atoms with Crippen LogP contribution in [0.5, 0.6) is 0 Å². The number of hydrogen-bond acceptors (Lipinski definition) is 3. The summed E-state index contributed by atoms with van der Waals surface area (Å²) in [6.07, 6.45) is 2.01. The van der Waals surface area contributed by atoms with Crippen LogP contribution in [0.4, 0.5) is 0 Å². The van der Waals surface area contributed by atoms with E-state index >= 15 is 0 Å². The van der Waals surface area contributed by atoms with Crippen LogP contribution in [0, 0.1) is 0 Å². The summed E-state index contributed by atoms with van der Waals surface area (Å²) in [5.41, 5.74) is 0. The van der Waals surface area contributed by atoms with Crippen molar-refractivity contribution in [1.82, 2.24) is 19.4 Å². The van der Waals surface area contributed by atoms with E-state index < -0.39 is 0 Å². The van der Waals surface area contributed by atoms with Crippen LogP contribution in [0.3, 0.4) is 0 Å². The summed E-state index contributed by atoms with van der Waals surface area (Å²) in [7, 11) is 4.22.